The number of terminal acetylenes is 1. The molecule has 0 saturated carbocycles. The van der Waals surface area contributed by atoms with Gasteiger partial charge in [-0.25, -0.2) is 9.24 Å². The monoisotopic (exact) mass is 511 g/mol. The number of carbonyl (C=O) groups is 3. The van der Waals surface area contributed by atoms with E-state index in [9.17, 15) is 18.8 Å². The van der Waals surface area contributed by atoms with Gasteiger partial charge < -0.3 is 20.5 Å². The third-order valence-corrected chi connectivity index (χ3v) is 7.25. The summed E-state index contributed by atoms with van der Waals surface area (Å²) in [6.45, 7) is 10.0. The van der Waals surface area contributed by atoms with Gasteiger partial charge in [0.2, 0.25) is 17.5 Å². The summed E-state index contributed by atoms with van der Waals surface area (Å²) in [6, 6.07) is 12.0. The summed E-state index contributed by atoms with van der Waals surface area (Å²) >= 11 is 0. The van der Waals surface area contributed by atoms with Crippen LogP contribution >= 0.6 is 0 Å². The molecule has 1 spiro atoms. The lowest BCUT2D eigenvalue weighted by molar-refractivity contribution is -0.134. The molecule has 2 aromatic carbocycles. The van der Waals surface area contributed by atoms with Crippen molar-refractivity contribution >= 4 is 40.0 Å². The molecule has 9 heteroatoms. The Morgan fingerprint density at radius 1 is 1.32 bits per heavy atom. The minimum atomic E-state index is -1.79. The normalized spacial score (nSPS) is 21.0. The number of fused-ring (bicyclic) bond motifs is 3. The van der Waals surface area contributed by atoms with Crippen molar-refractivity contribution in [2.45, 2.75) is 49.9 Å². The van der Waals surface area contributed by atoms with Crippen LogP contribution in [-0.2, 0) is 15.0 Å². The summed E-state index contributed by atoms with van der Waals surface area (Å²) in [5.74, 6) is 1.20. The van der Waals surface area contributed by atoms with Crippen molar-refractivity contribution in [3.8, 4) is 12.3 Å². The number of halogens is 1. The number of anilines is 1. The molecule has 3 heterocycles. The van der Waals surface area contributed by atoms with Gasteiger partial charge in [-0.15, -0.1) is 6.42 Å². The summed E-state index contributed by atoms with van der Waals surface area (Å²) in [6.07, 6.45) is 5.73. The van der Waals surface area contributed by atoms with E-state index < -0.39 is 35.0 Å². The Morgan fingerprint density at radius 2 is 2.08 bits per heavy atom. The number of aromatic nitrogens is 1. The number of likely N-dealkylation sites (tertiary alicyclic amines) is 1. The Hall–Kier alpha value is -4.63. The number of para-hydroxylation sites is 2. The molecule has 8 nitrogen and oxygen atoms in total. The smallest absolute Gasteiger partial charge is 0.268 e. The van der Waals surface area contributed by atoms with E-state index in [1.807, 2.05) is 18.2 Å². The van der Waals surface area contributed by atoms with E-state index in [2.05, 4.69) is 26.4 Å². The average molecular weight is 512 g/mol. The SMILES string of the molecule is [C-]#[N+]c1cccc2cc(C(=O)N[C@@H](CC(C)(C)F)C(=O)N3C[C@]4(C[C@H]3C#C)C(=O)Nc3ccccc34)[nH]c12. The van der Waals surface area contributed by atoms with Gasteiger partial charge in [-0.05, 0) is 43.4 Å². The van der Waals surface area contributed by atoms with Crippen LogP contribution in [0.2, 0.25) is 0 Å². The quantitative estimate of drug-likeness (QED) is 0.356. The fourth-order valence-corrected chi connectivity index (χ4v) is 5.50. The average Bonchev–Trinajstić information content (AvgIpc) is 3.57. The van der Waals surface area contributed by atoms with E-state index in [1.54, 1.807) is 30.3 Å². The number of aromatic amines is 1. The molecule has 38 heavy (non-hydrogen) atoms. The lowest BCUT2D eigenvalue weighted by atomic mass is 9.79. The second kappa shape index (κ2) is 9.04. The summed E-state index contributed by atoms with van der Waals surface area (Å²) in [5.41, 5.74) is -0.367. The first-order chi connectivity index (χ1) is 18.1. The van der Waals surface area contributed by atoms with Crippen molar-refractivity contribution in [2.24, 2.45) is 0 Å². The van der Waals surface area contributed by atoms with E-state index in [0.29, 0.717) is 22.3 Å². The number of rotatable bonds is 5. The Morgan fingerprint density at radius 3 is 2.79 bits per heavy atom. The highest BCUT2D eigenvalue weighted by atomic mass is 19.1. The molecule has 3 atom stereocenters. The van der Waals surface area contributed by atoms with Crippen LogP contribution in [0.3, 0.4) is 0 Å². The van der Waals surface area contributed by atoms with Crippen LogP contribution in [0.4, 0.5) is 15.8 Å². The third-order valence-electron chi connectivity index (χ3n) is 7.25. The van der Waals surface area contributed by atoms with Gasteiger partial charge in [-0.2, -0.15) is 0 Å². The van der Waals surface area contributed by atoms with Crippen LogP contribution < -0.4 is 10.6 Å². The van der Waals surface area contributed by atoms with Gasteiger partial charge >= 0.3 is 0 Å². The van der Waals surface area contributed by atoms with Gasteiger partial charge in [0.15, 0.2) is 0 Å². The maximum atomic E-state index is 14.9. The number of hydrogen-bond acceptors (Lipinski definition) is 3. The molecule has 2 aliphatic rings. The van der Waals surface area contributed by atoms with Gasteiger partial charge in [0, 0.05) is 18.7 Å². The zero-order valence-electron chi connectivity index (χ0n) is 21.0. The first kappa shape index (κ1) is 25.0. The fourth-order valence-electron chi connectivity index (χ4n) is 5.50. The number of carbonyl (C=O) groups excluding carboxylic acids is 3. The number of amides is 3. The van der Waals surface area contributed by atoms with Crippen molar-refractivity contribution < 1.29 is 18.8 Å². The Bertz CT molecular complexity index is 1560. The minimum Gasteiger partial charge on any atom is -0.360 e. The van der Waals surface area contributed by atoms with E-state index in [1.165, 1.54) is 18.7 Å². The third kappa shape index (κ3) is 4.16. The lowest BCUT2D eigenvalue weighted by Crippen LogP contribution is -2.52. The second-order valence-corrected chi connectivity index (χ2v) is 10.4. The van der Waals surface area contributed by atoms with Crippen molar-refractivity contribution in [2.75, 3.05) is 11.9 Å². The molecule has 2 aliphatic heterocycles. The molecule has 0 unspecified atom stereocenters. The number of alkyl halides is 1. The number of nitrogens with one attached hydrogen (secondary N) is 3. The van der Waals surface area contributed by atoms with E-state index in [4.69, 9.17) is 13.0 Å². The first-order valence-electron chi connectivity index (χ1n) is 12.2. The number of hydrogen-bond donors (Lipinski definition) is 3. The van der Waals surface area contributed by atoms with Crippen LogP contribution in [0.5, 0.6) is 0 Å². The zero-order valence-corrected chi connectivity index (χ0v) is 21.0. The Labute approximate surface area is 219 Å². The molecule has 0 radical (unpaired) electrons. The maximum absolute atomic E-state index is 14.9. The number of benzene rings is 2. The summed E-state index contributed by atoms with van der Waals surface area (Å²) < 4.78 is 14.9. The Kier molecular flexibility index (Phi) is 5.95. The van der Waals surface area contributed by atoms with Crippen molar-refractivity contribution in [3.63, 3.8) is 0 Å². The van der Waals surface area contributed by atoms with Crippen molar-refractivity contribution in [1.29, 1.82) is 0 Å². The van der Waals surface area contributed by atoms with Gasteiger partial charge in [0.1, 0.15) is 17.4 Å². The van der Waals surface area contributed by atoms with E-state index in [0.717, 1.165) is 5.56 Å². The summed E-state index contributed by atoms with van der Waals surface area (Å²) in [5, 5.41) is 6.21. The first-order valence-corrected chi connectivity index (χ1v) is 12.2. The van der Waals surface area contributed by atoms with Crippen LogP contribution in [-0.4, -0.2) is 51.9 Å². The highest BCUT2D eigenvalue weighted by molar-refractivity contribution is 6.08. The highest BCUT2D eigenvalue weighted by Gasteiger charge is 2.56. The van der Waals surface area contributed by atoms with Gasteiger partial charge in [-0.1, -0.05) is 42.3 Å². The molecule has 0 bridgehead atoms. The largest absolute Gasteiger partial charge is 0.360 e. The molecule has 5 rings (SSSR count). The van der Waals surface area contributed by atoms with Crippen molar-refractivity contribution in [3.05, 3.63) is 71.2 Å². The molecule has 3 N–H and O–H groups in total. The maximum Gasteiger partial charge on any atom is 0.268 e. The molecular formula is C29H26FN5O3. The molecule has 3 amide bonds. The van der Waals surface area contributed by atoms with Gasteiger partial charge in [0.05, 0.1) is 23.5 Å². The van der Waals surface area contributed by atoms with Crippen LogP contribution in [0, 0.1) is 18.9 Å². The molecular weight excluding hydrogens is 485 g/mol. The lowest BCUT2D eigenvalue weighted by Gasteiger charge is -2.30. The number of nitrogens with zero attached hydrogens (tertiary/aromatic N) is 2. The molecule has 3 aromatic rings. The standard InChI is InChI=1S/C29H26FN5O3/c1-5-18-14-29(19-10-6-7-11-20(19)34-27(29)38)16-35(18)26(37)23(15-28(2,3)30)33-25(36)22-13-17-9-8-12-21(31-4)24(17)32-22/h1,6-13,18,23,32H,14-16H2,2-3H3,(H,33,36)(H,34,38)/t18-,23+,29+/m1/s1. The topological polar surface area (TPSA) is 98.7 Å². The van der Waals surface area contributed by atoms with Crippen LogP contribution in [0.15, 0.2) is 48.5 Å². The van der Waals surface area contributed by atoms with Crippen LogP contribution in [0.25, 0.3) is 15.7 Å². The van der Waals surface area contributed by atoms with Crippen molar-refractivity contribution in [1.82, 2.24) is 15.2 Å². The summed E-state index contributed by atoms with van der Waals surface area (Å²) in [7, 11) is 0. The van der Waals surface area contributed by atoms with Crippen LogP contribution in [0.1, 0.15) is 42.7 Å². The minimum absolute atomic E-state index is 0.0172. The molecule has 0 aliphatic carbocycles. The van der Waals surface area contributed by atoms with Gasteiger partial charge in [-0.3, -0.25) is 14.4 Å². The Balaban J connectivity index is 1.45. The second-order valence-electron chi connectivity index (χ2n) is 10.4. The van der Waals surface area contributed by atoms with E-state index >= 15 is 0 Å². The summed E-state index contributed by atoms with van der Waals surface area (Å²) in [4.78, 5) is 48.0. The molecule has 192 valence electrons. The molecule has 1 fully saturated rings. The number of H-pyrrole nitrogens is 1. The molecule has 1 aromatic heterocycles. The highest BCUT2D eigenvalue weighted by Crippen LogP contribution is 2.46. The van der Waals surface area contributed by atoms with Gasteiger partial charge in [0.25, 0.3) is 5.91 Å². The van der Waals surface area contributed by atoms with E-state index in [-0.39, 0.29) is 31.0 Å². The predicted molar refractivity (Wildman–Crippen MR) is 141 cm³/mol. The predicted octanol–water partition coefficient (Wildman–Crippen LogP) is 4.08. The molecule has 1 saturated heterocycles. The zero-order chi connectivity index (χ0) is 27.2. The fraction of sp³-hybridized carbons (Fsp3) is 0.310.